The lowest BCUT2D eigenvalue weighted by Gasteiger charge is -2.12. The number of methoxy groups -OCH3 is 1. The Morgan fingerprint density at radius 3 is 2.64 bits per heavy atom. The number of carbonyl (C=O) groups excluding carboxylic acids is 4. The number of imide groups is 1. The molecular formula is C22H18N2O8S. The summed E-state index contributed by atoms with van der Waals surface area (Å²) in [7, 11) is 1.27. The summed E-state index contributed by atoms with van der Waals surface area (Å²) in [6.45, 7) is -0.529. The molecule has 0 spiro atoms. The van der Waals surface area contributed by atoms with Gasteiger partial charge in [0.25, 0.3) is 11.1 Å². The van der Waals surface area contributed by atoms with E-state index in [-0.39, 0.29) is 18.3 Å². The average molecular weight is 470 g/mol. The molecule has 2 aliphatic rings. The second kappa shape index (κ2) is 9.65. The number of thioether (sulfide) groups is 1. The van der Waals surface area contributed by atoms with Crippen LogP contribution < -0.4 is 19.5 Å². The number of nitrogens with zero attached hydrogens (tertiary/aromatic N) is 1. The van der Waals surface area contributed by atoms with E-state index in [0.29, 0.717) is 28.5 Å². The van der Waals surface area contributed by atoms with Crippen LogP contribution in [0.3, 0.4) is 0 Å². The Kier molecular flexibility index (Phi) is 6.50. The number of anilines is 1. The van der Waals surface area contributed by atoms with Gasteiger partial charge in [-0.25, -0.2) is 4.79 Å². The summed E-state index contributed by atoms with van der Waals surface area (Å²) in [5.41, 5.74) is 1.11. The standard InChI is InChI=1S/C22H18N2O8S/c1-29-20(26)11-30-15-5-2-13(3-6-15)8-18-21(27)24(22(28)33-18)10-19(25)23-14-4-7-16-17(9-14)32-12-31-16/h2-9H,10-12H2,1H3,(H,23,25)/b18-8-. The van der Waals surface area contributed by atoms with Crippen LogP contribution in [0.5, 0.6) is 17.2 Å². The van der Waals surface area contributed by atoms with Crippen molar-refractivity contribution in [1.29, 1.82) is 0 Å². The molecule has 3 amide bonds. The van der Waals surface area contributed by atoms with E-state index < -0.39 is 29.6 Å². The Morgan fingerprint density at radius 2 is 1.88 bits per heavy atom. The summed E-state index contributed by atoms with van der Waals surface area (Å²) in [4.78, 5) is 49.6. The van der Waals surface area contributed by atoms with Gasteiger partial charge >= 0.3 is 5.97 Å². The fourth-order valence-electron chi connectivity index (χ4n) is 2.97. The maximum Gasteiger partial charge on any atom is 0.343 e. The molecule has 2 aromatic carbocycles. The highest BCUT2D eigenvalue weighted by atomic mass is 32.2. The van der Waals surface area contributed by atoms with Crippen molar-refractivity contribution in [2.24, 2.45) is 0 Å². The van der Waals surface area contributed by atoms with Crippen molar-refractivity contribution in [2.75, 3.05) is 32.4 Å². The Bertz CT molecular complexity index is 1150. The Hall–Kier alpha value is -3.99. The van der Waals surface area contributed by atoms with E-state index in [1.807, 2.05) is 0 Å². The SMILES string of the molecule is COC(=O)COc1ccc(/C=C2\SC(=O)N(CC(=O)Nc3ccc4c(c3)OCO4)C2=O)cc1. The third kappa shape index (κ3) is 5.26. The van der Waals surface area contributed by atoms with Gasteiger partial charge in [0.15, 0.2) is 18.1 Å². The number of esters is 1. The topological polar surface area (TPSA) is 120 Å². The lowest BCUT2D eigenvalue weighted by molar-refractivity contribution is -0.142. The first-order valence-electron chi connectivity index (χ1n) is 9.67. The summed E-state index contributed by atoms with van der Waals surface area (Å²) < 4.78 is 20.3. The Morgan fingerprint density at radius 1 is 1.12 bits per heavy atom. The van der Waals surface area contributed by atoms with E-state index in [1.165, 1.54) is 7.11 Å². The van der Waals surface area contributed by atoms with Gasteiger partial charge in [-0.1, -0.05) is 12.1 Å². The molecule has 2 aliphatic heterocycles. The monoisotopic (exact) mass is 470 g/mol. The van der Waals surface area contributed by atoms with E-state index in [0.717, 1.165) is 16.7 Å². The molecule has 0 aromatic heterocycles. The van der Waals surface area contributed by atoms with Gasteiger partial charge in [0, 0.05) is 11.8 Å². The number of rotatable bonds is 7. The number of amides is 3. The Balaban J connectivity index is 1.36. The molecule has 2 heterocycles. The molecule has 1 N–H and O–H groups in total. The van der Waals surface area contributed by atoms with Crippen LogP contribution in [0.15, 0.2) is 47.4 Å². The highest BCUT2D eigenvalue weighted by molar-refractivity contribution is 8.18. The van der Waals surface area contributed by atoms with Crippen molar-refractivity contribution in [3.05, 3.63) is 52.9 Å². The van der Waals surface area contributed by atoms with E-state index in [2.05, 4.69) is 10.1 Å². The minimum Gasteiger partial charge on any atom is -0.482 e. The normalized spacial score (nSPS) is 15.7. The van der Waals surface area contributed by atoms with Gasteiger partial charge in [-0.05, 0) is 47.7 Å². The van der Waals surface area contributed by atoms with Crippen LogP contribution in [0, 0.1) is 0 Å². The molecule has 1 saturated heterocycles. The van der Waals surface area contributed by atoms with Crippen molar-refractivity contribution in [2.45, 2.75) is 0 Å². The van der Waals surface area contributed by atoms with Crippen molar-refractivity contribution < 1.29 is 38.1 Å². The predicted octanol–water partition coefficient (Wildman–Crippen LogP) is 2.64. The van der Waals surface area contributed by atoms with Gasteiger partial charge in [-0.2, -0.15) is 0 Å². The minimum atomic E-state index is -0.558. The van der Waals surface area contributed by atoms with Crippen LogP contribution >= 0.6 is 11.8 Å². The fourth-order valence-corrected chi connectivity index (χ4v) is 3.81. The molecule has 0 atom stereocenters. The first kappa shape index (κ1) is 22.2. The number of ether oxygens (including phenoxy) is 4. The summed E-state index contributed by atoms with van der Waals surface area (Å²) in [6.07, 6.45) is 1.55. The smallest absolute Gasteiger partial charge is 0.343 e. The maximum atomic E-state index is 12.7. The zero-order valence-corrected chi connectivity index (χ0v) is 18.2. The lowest BCUT2D eigenvalue weighted by atomic mass is 10.2. The molecule has 0 saturated carbocycles. The fraction of sp³-hybridized carbons (Fsp3) is 0.182. The minimum absolute atomic E-state index is 0.110. The lowest BCUT2D eigenvalue weighted by Crippen LogP contribution is -2.36. The van der Waals surface area contributed by atoms with Gasteiger partial charge < -0.3 is 24.3 Å². The average Bonchev–Trinajstić information content (AvgIpc) is 3.38. The predicted molar refractivity (Wildman–Crippen MR) is 118 cm³/mol. The highest BCUT2D eigenvalue weighted by Gasteiger charge is 2.36. The van der Waals surface area contributed by atoms with Gasteiger partial charge in [0.2, 0.25) is 12.7 Å². The van der Waals surface area contributed by atoms with Crippen LogP contribution in [0.1, 0.15) is 5.56 Å². The first-order chi connectivity index (χ1) is 15.9. The third-order valence-electron chi connectivity index (χ3n) is 4.59. The number of fused-ring (bicyclic) bond motifs is 1. The van der Waals surface area contributed by atoms with Crippen molar-refractivity contribution in [1.82, 2.24) is 4.90 Å². The summed E-state index contributed by atoms with van der Waals surface area (Å²) >= 11 is 0.752. The number of benzene rings is 2. The zero-order valence-electron chi connectivity index (χ0n) is 17.4. The quantitative estimate of drug-likeness (QED) is 0.481. The number of carbonyl (C=O) groups is 4. The van der Waals surface area contributed by atoms with Gasteiger partial charge in [0.1, 0.15) is 12.3 Å². The van der Waals surface area contributed by atoms with Crippen LogP contribution in [0.25, 0.3) is 6.08 Å². The molecule has 0 radical (unpaired) electrons. The van der Waals surface area contributed by atoms with E-state index in [1.54, 1.807) is 48.5 Å². The van der Waals surface area contributed by atoms with Crippen LogP contribution in [0.2, 0.25) is 0 Å². The molecule has 170 valence electrons. The summed E-state index contributed by atoms with van der Waals surface area (Å²) in [6, 6.07) is 11.5. The molecule has 0 unspecified atom stereocenters. The second-order valence-corrected chi connectivity index (χ2v) is 7.81. The largest absolute Gasteiger partial charge is 0.482 e. The van der Waals surface area contributed by atoms with Crippen molar-refractivity contribution in [3.63, 3.8) is 0 Å². The molecule has 2 aromatic rings. The number of hydrogen-bond acceptors (Lipinski definition) is 9. The van der Waals surface area contributed by atoms with Crippen LogP contribution in [-0.2, 0) is 19.1 Å². The van der Waals surface area contributed by atoms with Crippen LogP contribution in [-0.4, -0.2) is 55.0 Å². The zero-order chi connectivity index (χ0) is 23.4. The number of hydrogen-bond donors (Lipinski definition) is 1. The van der Waals surface area contributed by atoms with Crippen molar-refractivity contribution >= 4 is 46.5 Å². The Labute approximate surface area is 192 Å². The van der Waals surface area contributed by atoms with E-state index in [4.69, 9.17) is 14.2 Å². The van der Waals surface area contributed by atoms with E-state index >= 15 is 0 Å². The molecule has 4 rings (SSSR count). The van der Waals surface area contributed by atoms with Gasteiger partial charge in [-0.15, -0.1) is 0 Å². The number of nitrogens with one attached hydrogen (secondary N) is 1. The molecule has 10 nitrogen and oxygen atoms in total. The maximum absolute atomic E-state index is 12.7. The van der Waals surface area contributed by atoms with Crippen molar-refractivity contribution in [3.8, 4) is 17.2 Å². The first-order valence-corrected chi connectivity index (χ1v) is 10.5. The van der Waals surface area contributed by atoms with Gasteiger partial charge in [-0.3, -0.25) is 19.3 Å². The molecule has 0 aliphatic carbocycles. The molecule has 11 heteroatoms. The van der Waals surface area contributed by atoms with Gasteiger partial charge in [0.05, 0.1) is 12.0 Å². The summed E-state index contributed by atoms with van der Waals surface area (Å²) in [5, 5.41) is 2.10. The highest BCUT2D eigenvalue weighted by Crippen LogP contribution is 2.35. The molecule has 0 bridgehead atoms. The molecule has 33 heavy (non-hydrogen) atoms. The third-order valence-corrected chi connectivity index (χ3v) is 5.50. The molecule has 1 fully saturated rings. The van der Waals surface area contributed by atoms with E-state index in [9.17, 15) is 19.2 Å². The second-order valence-electron chi connectivity index (χ2n) is 6.82. The summed E-state index contributed by atoms with van der Waals surface area (Å²) in [5.74, 6) is -0.0571. The van der Waals surface area contributed by atoms with Crippen LogP contribution in [0.4, 0.5) is 10.5 Å². The molecular weight excluding hydrogens is 452 g/mol.